The average molecular weight is 430 g/mol. The highest BCUT2D eigenvalue weighted by Crippen LogP contribution is 2.24. The van der Waals surface area contributed by atoms with E-state index in [1.54, 1.807) is 18.2 Å². The Morgan fingerprint density at radius 1 is 0.844 bits per heavy atom. The zero-order chi connectivity index (χ0) is 24.9. The maximum Gasteiger partial charge on any atom is 0.160 e. The van der Waals surface area contributed by atoms with Crippen LogP contribution in [0.2, 0.25) is 0 Å². The van der Waals surface area contributed by atoms with E-state index in [9.17, 15) is 0 Å². The molecule has 2 N–H and O–H groups in total. The monoisotopic (exact) mass is 429 g/mol. The summed E-state index contributed by atoms with van der Waals surface area (Å²) in [5.41, 5.74) is 10.9. The van der Waals surface area contributed by atoms with Crippen molar-refractivity contribution in [3.8, 4) is 11.4 Å². The van der Waals surface area contributed by atoms with Crippen molar-refractivity contribution in [3.05, 3.63) is 117 Å². The van der Waals surface area contributed by atoms with Gasteiger partial charge in [0.05, 0.1) is 11.4 Å². The third kappa shape index (κ3) is 10.4. The molecule has 1 aromatic heterocycles. The van der Waals surface area contributed by atoms with Gasteiger partial charge in [0.1, 0.15) is 0 Å². The lowest BCUT2D eigenvalue weighted by Gasteiger charge is -2.10. The maximum absolute atomic E-state index is 5.79. The Balaban J connectivity index is 0. The lowest BCUT2D eigenvalue weighted by atomic mass is 10.1. The Hall–Kier alpha value is -3.72. The molecule has 170 valence electrons. The van der Waals surface area contributed by atoms with Gasteiger partial charge in [-0.2, -0.15) is 0 Å². The normalized spacial score (nSPS) is 10.4. The second-order valence-electron chi connectivity index (χ2n) is 5.79. The molecule has 0 radical (unpaired) electrons. The molecule has 0 unspecified atom stereocenters. The quantitative estimate of drug-likeness (QED) is 0.284. The molecule has 32 heavy (non-hydrogen) atoms. The van der Waals surface area contributed by atoms with Gasteiger partial charge in [0.25, 0.3) is 0 Å². The number of allylic oxidation sites excluding steroid dienone is 9. The van der Waals surface area contributed by atoms with Gasteiger partial charge in [-0.05, 0) is 62.2 Å². The van der Waals surface area contributed by atoms with Gasteiger partial charge >= 0.3 is 0 Å². The average Bonchev–Trinajstić information content (AvgIpc) is 2.84. The molecule has 1 heterocycles. The fourth-order valence-electron chi connectivity index (χ4n) is 2.33. The smallest absolute Gasteiger partial charge is 0.160 e. The number of aromatic nitrogens is 2. The Morgan fingerprint density at radius 3 is 1.72 bits per heavy atom. The molecule has 2 rings (SSSR count). The summed E-state index contributed by atoms with van der Waals surface area (Å²) in [5.74, 6) is 0.641. The number of rotatable bonds is 6. The van der Waals surface area contributed by atoms with E-state index in [4.69, 9.17) is 15.7 Å². The van der Waals surface area contributed by atoms with Crippen molar-refractivity contribution in [3.63, 3.8) is 0 Å². The number of hydrogen-bond acceptors (Lipinski definition) is 3. The lowest BCUT2D eigenvalue weighted by molar-refractivity contribution is 1.13. The van der Waals surface area contributed by atoms with Crippen LogP contribution < -0.4 is 5.73 Å². The van der Waals surface area contributed by atoms with Crippen LogP contribution in [0, 0.1) is 0 Å². The first kappa shape index (κ1) is 30.5. The molecule has 1 aromatic carbocycles. The lowest BCUT2D eigenvalue weighted by Crippen LogP contribution is -1.99. The van der Waals surface area contributed by atoms with E-state index >= 15 is 0 Å². The van der Waals surface area contributed by atoms with Gasteiger partial charge in [-0.3, -0.25) is 0 Å². The Labute approximate surface area is 195 Å². The van der Waals surface area contributed by atoms with Gasteiger partial charge < -0.3 is 5.73 Å². The molecule has 0 amide bonds. The zero-order valence-electron chi connectivity index (χ0n) is 20.4. The summed E-state index contributed by atoms with van der Waals surface area (Å²) in [6.07, 6.45) is 13.2. The number of hydrogen-bond donors (Lipinski definition) is 1. The Morgan fingerprint density at radius 2 is 1.31 bits per heavy atom. The second-order valence-corrected chi connectivity index (χ2v) is 5.79. The molecule has 0 saturated heterocycles. The van der Waals surface area contributed by atoms with Gasteiger partial charge in [0.2, 0.25) is 0 Å². The van der Waals surface area contributed by atoms with Crippen LogP contribution in [0.4, 0.5) is 5.69 Å². The van der Waals surface area contributed by atoms with Crippen molar-refractivity contribution in [1.29, 1.82) is 0 Å². The van der Waals surface area contributed by atoms with Gasteiger partial charge in [-0.15, -0.1) is 19.7 Å². The minimum Gasteiger partial charge on any atom is -0.399 e. The molecule has 0 aliphatic heterocycles. The Bertz CT molecular complexity index is 914. The van der Waals surface area contributed by atoms with Gasteiger partial charge in [0, 0.05) is 11.3 Å². The summed E-state index contributed by atoms with van der Waals surface area (Å²) in [5, 5.41) is 0. The zero-order valence-corrected chi connectivity index (χ0v) is 20.4. The predicted octanol–water partition coefficient (Wildman–Crippen LogP) is 8.48. The largest absolute Gasteiger partial charge is 0.399 e. The van der Waals surface area contributed by atoms with Crippen molar-refractivity contribution in [2.24, 2.45) is 0 Å². The first-order valence-electron chi connectivity index (χ1n) is 10.6. The molecule has 0 aliphatic carbocycles. The minimum absolute atomic E-state index is 0.641. The highest BCUT2D eigenvalue weighted by atomic mass is 14.9. The summed E-state index contributed by atoms with van der Waals surface area (Å²) in [6.45, 7) is 27.0. The van der Waals surface area contributed by atoms with Gasteiger partial charge in [-0.25, -0.2) is 9.97 Å². The van der Waals surface area contributed by atoms with Crippen molar-refractivity contribution in [2.75, 3.05) is 5.73 Å². The number of nitrogens with zero attached hydrogens (tertiary/aromatic N) is 2. The van der Waals surface area contributed by atoms with Gasteiger partial charge in [-0.1, -0.05) is 69.5 Å². The van der Waals surface area contributed by atoms with E-state index in [2.05, 4.69) is 32.9 Å². The maximum atomic E-state index is 5.79. The number of anilines is 1. The molecule has 2 aromatic rings. The van der Waals surface area contributed by atoms with E-state index < -0.39 is 0 Å². The third-order valence-electron chi connectivity index (χ3n) is 3.71. The predicted molar refractivity (Wildman–Crippen MR) is 147 cm³/mol. The first-order chi connectivity index (χ1) is 15.5. The fraction of sp³-hybridized carbons (Fsp3) is 0.172. The van der Waals surface area contributed by atoms with Crippen LogP contribution in [0.15, 0.2) is 106 Å². The fourth-order valence-corrected chi connectivity index (χ4v) is 2.33. The molecule has 0 atom stereocenters. The molecular formula is C29H39N3. The third-order valence-corrected chi connectivity index (χ3v) is 3.71. The summed E-state index contributed by atoms with van der Waals surface area (Å²) < 4.78 is 0. The van der Waals surface area contributed by atoms with Crippen molar-refractivity contribution in [2.45, 2.75) is 34.6 Å². The van der Waals surface area contributed by atoms with E-state index in [-0.39, 0.29) is 0 Å². The van der Waals surface area contributed by atoms with Crippen LogP contribution >= 0.6 is 0 Å². The van der Waals surface area contributed by atoms with Crippen molar-refractivity contribution >= 4 is 16.8 Å². The summed E-state index contributed by atoms with van der Waals surface area (Å²) in [4.78, 5) is 9.42. The van der Waals surface area contributed by atoms with Crippen LogP contribution in [0.3, 0.4) is 0 Å². The van der Waals surface area contributed by atoms with E-state index in [1.807, 2.05) is 89.3 Å². The van der Waals surface area contributed by atoms with Crippen LogP contribution in [0.25, 0.3) is 22.5 Å². The minimum atomic E-state index is 0.641. The summed E-state index contributed by atoms with van der Waals surface area (Å²) in [7, 11) is 0. The molecule has 3 nitrogen and oxygen atoms in total. The second kappa shape index (κ2) is 19.3. The van der Waals surface area contributed by atoms with Gasteiger partial charge in [0.15, 0.2) is 5.82 Å². The standard InChI is InChI=1S/C22H23N3.C3H6.C2H6.C2H4/c1-5-9-10-17(8-4)21-15-20(16(6-2)7-3)24-22(25-21)18-11-13-19(23)14-12-18;1-3-2;2*1-2/h5-15H,2,4,23H2,1,3H3;3H,1H2,2H3;1-2H3;1-2H2/b9-5-,16-7+,17-10+;;;. The summed E-state index contributed by atoms with van der Waals surface area (Å²) in [6, 6.07) is 9.49. The van der Waals surface area contributed by atoms with Crippen molar-refractivity contribution in [1.82, 2.24) is 9.97 Å². The molecule has 0 aliphatic rings. The van der Waals surface area contributed by atoms with E-state index in [0.29, 0.717) is 11.5 Å². The topological polar surface area (TPSA) is 51.8 Å². The van der Waals surface area contributed by atoms with Crippen molar-refractivity contribution < 1.29 is 0 Å². The first-order valence-corrected chi connectivity index (χ1v) is 10.6. The molecule has 0 spiro atoms. The molecular weight excluding hydrogens is 390 g/mol. The molecule has 0 bridgehead atoms. The van der Waals surface area contributed by atoms with Crippen LogP contribution in [0.5, 0.6) is 0 Å². The Kier molecular flexibility index (Phi) is 18.3. The highest BCUT2D eigenvalue weighted by Gasteiger charge is 2.10. The molecule has 3 heteroatoms. The molecule has 0 fully saturated rings. The summed E-state index contributed by atoms with van der Waals surface area (Å²) >= 11 is 0. The number of nitrogen functional groups attached to an aromatic ring is 1. The van der Waals surface area contributed by atoms with Crippen LogP contribution in [0.1, 0.15) is 46.0 Å². The van der Waals surface area contributed by atoms with Crippen LogP contribution in [-0.4, -0.2) is 9.97 Å². The molecule has 0 saturated carbocycles. The van der Waals surface area contributed by atoms with E-state index in [0.717, 1.165) is 28.1 Å². The highest BCUT2D eigenvalue weighted by molar-refractivity contribution is 5.78. The number of nitrogens with two attached hydrogens (primary N) is 1. The number of benzene rings is 1. The van der Waals surface area contributed by atoms with E-state index in [1.165, 1.54) is 0 Å². The SMILES string of the molecule is C=C.C=C/C(=C\C)c1cc(/C(C=C)=C/C=C\C)nc(-c2ccc(N)cc2)n1.C=CC.CC. The van der Waals surface area contributed by atoms with Crippen LogP contribution in [-0.2, 0) is 0 Å².